The molecule has 114 valence electrons. The van der Waals surface area contributed by atoms with Gasteiger partial charge in [-0.25, -0.2) is 17.5 Å². The summed E-state index contributed by atoms with van der Waals surface area (Å²) >= 11 is 0. The van der Waals surface area contributed by atoms with Gasteiger partial charge < -0.3 is 5.11 Å². The summed E-state index contributed by atoms with van der Waals surface area (Å²) in [7, 11) is -3.68. The zero-order chi connectivity index (χ0) is 15.3. The van der Waals surface area contributed by atoms with Crippen molar-refractivity contribution in [2.75, 3.05) is 13.2 Å². The Kier molecular flexibility index (Phi) is 5.05. The molecule has 0 radical (unpaired) electrons. The van der Waals surface area contributed by atoms with Crippen molar-refractivity contribution in [2.45, 2.75) is 17.9 Å². The second kappa shape index (κ2) is 6.79. The minimum absolute atomic E-state index is 0.0180. The summed E-state index contributed by atoms with van der Waals surface area (Å²) in [6, 6.07) is 6.23. The van der Waals surface area contributed by atoms with Gasteiger partial charge in [0.15, 0.2) is 0 Å². The van der Waals surface area contributed by atoms with Crippen molar-refractivity contribution in [1.29, 1.82) is 0 Å². The number of aliphatic hydroxyl groups is 1. The molecule has 1 heterocycles. The predicted octanol–water partition coefficient (Wildman–Crippen LogP) is 0.535. The molecule has 1 aromatic carbocycles. The minimum atomic E-state index is -3.68. The second-order valence-electron chi connectivity index (χ2n) is 4.40. The van der Waals surface area contributed by atoms with Crippen molar-refractivity contribution in [3.05, 3.63) is 48.0 Å². The molecule has 0 saturated carbocycles. The van der Waals surface area contributed by atoms with E-state index < -0.39 is 10.0 Å². The molecule has 6 nitrogen and oxygen atoms in total. The van der Waals surface area contributed by atoms with E-state index in [1.807, 2.05) is 0 Å². The average molecular weight is 313 g/mol. The van der Waals surface area contributed by atoms with Crippen molar-refractivity contribution >= 4 is 10.0 Å². The van der Waals surface area contributed by atoms with Gasteiger partial charge in [-0.3, -0.25) is 4.68 Å². The molecule has 2 aromatic rings. The fourth-order valence-corrected chi connectivity index (χ4v) is 2.80. The number of hydrogen-bond acceptors (Lipinski definition) is 4. The quantitative estimate of drug-likeness (QED) is 0.781. The fraction of sp³-hybridized carbons (Fsp3) is 0.308. The van der Waals surface area contributed by atoms with Crippen LogP contribution in [0, 0.1) is 5.82 Å². The Labute approximate surface area is 122 Å². The normalized spacial score (nSPS) is 11.7. The molecule has 1 aromatic heterocycles. The summed E-state index contributed by atoms with van der Waals surface area (Å²) in [5, 5.41) is 12.6. The van der Waals surface area contributed by atoms with Crippen molar-refractivity contribution in [3.8, 4) is 0 Å². The maximum atomic E-state index is 13.4. The first-order valence-corrected chi connectivity index (χ1v) is 7.87. The highest BCUT2D eigenvalue weighted by atomic mass is 32.2. The lowest BCUT2D eigenvalue weighted by atomic mass is 10.1. The van der Waals surface area contributed by atoms with Gasteiger partial charge in [-0.2, -0.15) is 5.10 Å². The number of halogens is 1. The molecule has 0 saturated heterocycles. The predicted molar refractivity (Wildman–Crippen MR) is 74.6 cm³/mol. The summed E-state index contributed by atoms with van der Waals surface area (Å²) in [5.74, 6) is -0.354. The Balaban J connectivity index is 1.96. The number of benzene rings is 1. The zero-order valence-electron chi connectivity index (χ0n) is 11.2. The van der Waals surface area contributed by atoms with Crippen molar-refractivity contribution in [2.24, 2.45) is 0 Å². The van der Waals surface area contributed by atoms with E-state index in [1.54, 1.807) is 18.2 Å². The molecule has 2 N–H and O–H groups in total. The Hall–Kier alpha value is -1.77. The van der Waals surface area contributed by atoms with E-state index in [0.717, 1.165) is 0 Å². The second-order valence-corrected chi connectivity index (χ2v) is 6.17. The summed E-state index contributed by atoms with van der Waals surface area (Å²) in [5.41, 5.74) is 0.455. The van der Waals surface area contributed by atoms with Crippen LogP contribution in [0.3, 0.4) is 0 Å². The van der Waals surface area contributed by atoms with E-state index in [4.69, 9.17) is 5.11 Å². The van der Waals surface area contributed by atoms with Gasteiger partial charge >= 0.3 is 0 Å². The molecular formula is C13H16FN3O3S. The van der Waals surface area contributed by atoms with E-state index in [1.165, 1.54) is 23.1 Å². The minimum Gasteiger partial charge on any atom is -0.394 e. The van der Waals surface area contributed by atoms with Crippen LogP contribution in [-0.4, -0.2) is 36.5 Å². The van der Waals surface area contributed by atoms with E-state index in [0.29, 0.717) is 5.56 Å². The van der Waals surface area contributed by atoms with Gasteiger partial charge in [0, 0.05) is 12.7 Å². The van der Waals surface area contributed by atoms with Crippen LogP contribution in [0.25, 0.3) is 0 Å². The maximum absolute atomic E-state index is 13.4. The van der Waals surface area contributed by atoms with Gasteiger partial charge in [0.2, 0.25) is 10.0 Å². The van der Waals surface area contributed by atoms with Crippen LogP contribution in [0.2, 0.25) is 0 Å². The van der Waals surface area contributed by atoms with Gasteiger partial charge in [0.05, 0.1) is 19.3 Å². The molecule has 0 unspecified atom stereocenters. The van der Waals surface area contributed by atoms with Crippen LogP contribution in [0.15, 0.2) is 41.6 Å². The largest absolute Gasteiger partial charge is 0.394 e. The molecule has 21 heavy (non-hydrogen) atoms. The number of sulfonamides is 1. The Morgan fingerprint density at radius 1 is 1.33 bits per heavy atom. The summed E-state index contributed by atoms with van der Waals surface area (Å²) in [4.78, 5) is 0.0180. The molecule has 0 spiro atoms. The number of nitrogens with one attached hydrogen (secondary N) is 1. The number of rotatable bonds is 7. The van der Waals surface area contributed by atoms with Crippen LogP contribution in [0.5, 0.6) is 0 Å². The molecule has 0 bridgehead atoms. The highest BCUT2D eigenvalue weighted by Crippen LogP contribution is 2.09. The van der Waals surface area contributed by atoms with Crippen LogP contribution in [-0.2, 0) is 23.0 Å². The molecule has 0 atom stereocenters. The lowest BCUT2D eigenvalue weighted by Gasteiger charge is -2.05. The average Bonchev–Trinajstić information content (AvgIpc) is 2.91. The molecular weight excluding hydrogens is 297 g/mol. The number of aliphatic hydroxyl groups excluding tert-OH is 1. The summed E-state index contributed by atoms with van der Waals surface area (Å²) in [6.45, 7) is 0.196. The van der Waals surface area contributed by atoms with Crippen molar-refractivity contribution in [1.82, 2.24) is 14.5 Å². The molecule has 8 heteroatoms. The van der Waals surface area contributed by atoms with Crippen molar-refractivity contribution in [3.63, 3.8) is 0 Å². The number of aromatic nitrogens is 2. The first-order valence-electron chi connectivity index (χ1n) is 6.39. The lowest BCUT2D eigenvalue weighted by molar-refractivity contribution is 0.269. The van der Waals surface area contributed by atoms with E-state index in [2.05, 4.69) is 9.82 Å². The first kappa shape index (κ1) is 15.6. The SMILES string of the molecule is O=S(=O)(NCCc1ccccc1F)c1cnn(CCO)c1. The monoisotopic (exact) mass is 313 g/mol. The number of hydrogen-bond donors (Lipinski definition) is 2. The van der Waals surface area contributed by atoms with Gasteiger partial charge in [-0.1, -0.05) is 18.2 Å². The molecule has 0 aliphatic heterocycles. The Morgan fingerprint density at radius 2 is 2.10 bits per heavy atom. The van der Waals surface area contributed by atoms with Gasteiger partial charge in [-0.15, -0.1) is 0 Å². The highest BCUT2D eigenvalue weighted by Gasteiger charge is 2.16. The van der Waals surface area contributed by atoms with E-state index in [9.17, 15) is 12.8 Å². The third-order valence-electron chi connectivity index (χ3n) is 2.89. The smallest absolute Gasteiger partial charge is 0.243 e. The van der Waals surface area contributed by atoms with Crippen LogP contribution in [0.1, 0.15) is 5.56 Å². The number of nitrogens with zero attached hydrogens (tertiary/aromatic N) is 2. The van der Waals surface area contributed by atoms with Crippen LogP contribution in [0.4, 0.5) is 4.39 Å². The van der Waals surface area contributed by atoms with E-state index >= 15 is 0 Å². The molecule has 0 aliphatic rings. The van der Waals surface area contributed by atoms with Crippen molar-refractivity contribution < 1.29 is 17.9 Å². The van der Waals surface area contributed by atoms with Crippen LogP contribution < -0.4 is 4.72 Å². The molecule has 0 fully saturated rings. The van der Waals surface area contributed by atoms with Crippen LogP contribution >= 0.6 is 0 Å². The summed E-state index contributed by atoms with van der Waals surface area (Å²) < 4.78 is 41.1. The molecule has 0 aliphatic carbocycles. The van der Waals surface area contributed by atoms with E-state index in [-0.39, 0.29) is 36.8 Å². The molecule has 2 rings (SSSR count). The summed E-state index contributed by atoms with van der Waals surface area (Å²) in [6.07, 6.45) is 2.80. The lowest BCUT2D eigenvalue weighted by Crippen LogP contribution is -2.26. The Bertz CT molecular complexity index is 700. The van der Waals surface area contributed by atoms with Gasteiger partial charge in [-0.05, 0) is 18.1 Å². The maximum Gasteiger partial charge on any atom is 0.243 e. The van der Waals surface area contributed by atoms with Gasteiger partial charge in [0.1, 0.15) is 10.7 Å². The third-order valence-corrected chi connectivity index (χ3v) is 4.31. The fourth-order valence-electron chi connectivity index (χ4n) is 1.81. The zero-order valence-corrected chi connectivity index (χ0v) is 12.1. The first-order chi connectivity index (χ1) is 10.0. The Morgan fingerprint density at radius 3 is 2.81 bits per heavy atom. The highest BCUT2D eigenvalue weighted by molar-refractivity contribution is 7.89. The van der Waals surface area contributed by atoms with Gasteiger partial charge in [0.25, 0.3) is 0 Å². The molecule has 0 amide bonds. The standard InChI is InChI=1S/C13H16FN3O3S/c14-13-4-2-1-3-11(13)5-6-16-21(19,20)12-9-15-17(10-12)7-8-18/h1-4,9-10,16,18H,5-8H2. The topological polar surface area (TPSA) is 84.2 Å². The third kappa shape index (κ3) is 4.10.